The number of hydrogen-bond acceptors (Lipinski definition) is 2. The Bertz CT molecular complexity index is 268. The van der Waals surface area contributed by atoms with Crippen LogP contribution >= 0.6 is 0 Å². The molecule has 0 fully saturated rings. The fourth-order valence-corrected chi connectivity index (χ4v) is 1.33. The lowest BCUT2D eigenvalue weighted by molar-refractivity contribution is 0.741. The van der Waals surface area contributed by atoms with Crippen LogP contribution in [0.5, 0.6) is 0 Å². The molecule has 2 nitrogen and oxygen atoms in total. The quantitative estimate of drug-likeness (QED) is 0.523. The third-order valence-corrected chi connectivity index (χ3v) is 2.37. The van der Waals surface area contributed by atoms with Gasteiger partial charge in [0.2, 0.25) is 0 Å². The third kappa shape index (κ3) is 6.10. The van der Waals surface area contributed by atoms with E-state index in [1.54, 1.807) is 0 Å². The molecule has 0 rings (SSSR count). The molecule has 0 unspecified atom stereocenters. The van der Waals surface area contributed by atoms with E-state index in [9.17, 15) is 0 Å². The van der Waals surface area contributed by atoms with E-state index in [0.29, 0.717) is 0 Å². The van der Waals surface area contributed by atoms with Gasteiger partial charge in [0.25, 0.3) is 0 Å². The van der Waals surface area contributed by atoms with Crippen LogP contribution in [0.2, 0.25) is 0 Å². The summed E-state index contributed by atoms with van der Waals surface area (Å²) in [6.45, 7) is 11.9. The summed E-state index contributed by atoms with van der Waals surface area (Å²) >= 11 is 0. The molecule has 0 heterocycles. The topological polar surface area (TPSA) is 38.4 Å². The van der Waals surface area contributed by atoms with E-state index < -0.39 is 0 Å². The van der Waals surface area contributed by atoms with Gasteiger partial charge in [-0.15, -0.1) is 0 Å². The minimum atomic E-state index is 0.849. The van der Waals surface area contributed by atoms with E-state index in [4.69, 9.17) is 5.73 Å². The summed E-state index contributed by atoms with van der Waals surface area (Å²) in [5.74, 6) is 0. The monoisotopic (exact) mass is 208 g/mol. The molecule has 0 aromatic rings. The smallest absolute Gasteiger partial charge is 0.0452 e. The Morgan fingerprint density at radius 1 is 1.20 bits per heavy atom. The van der Waals surface area contributed by atoms with Crippen LogP contribution in [0, 0.1) is 0 Å². The van der Waals surface area contributed by atoms with Crippen molar-refractivity contribution in [2.24, 2.45) is 10.7 Å². The zero-order valence-electron chi connectivity index (χ0n) is 10.6. The number of unbranched alkanes of at least 4 members (excludes halogenated alkanes) is 2. The van der Waals surface area contributed by atoms with E-state index >= 15 is 0 Å². The SMILES string of the molecule is C=C(C)N=C(CCCCC)/C(C)=C(\C)N. The van der Waals surface area contributed by atoms with Crippen molar-refractivity contribution in [1.82, 2.24) is 0 Å². The second-order valence-corrected chi connectivity index (χ2v) is 4.06. The number of nitrogens with two attached hydrogens (primary N) is 1. The number of nitrogens with zero attached hydrogens (tertiary/aromatic N) is 1. The van der Waals surface area contributed by atoms with E-state index in [0.717, 1.165) is 29.1 Å². The highest BCUT2D eigenvalue weighted by atomic mass is 14.8. The molecule has 0 aliphatic rings. The summed E-state index contributed by atoms with van der Waals surface area (Å²) in [7, 11) is 0. The summed E-state index contributed by atoms with van der Waals surface area (Å²) in [4.78, 5) is 4.45. The van der Waals surface area contributed by atoms with Gasteiger partial charge in [0.1, 0.15) is 0 Å². The second kappa shape index (κ2) is 7.27. The summed E-state index contributed by atoms with van der Waals surface area (Å²) in [5.41, 5.74) is 9.69. The van der Waals surface area contributed by atoms with E-state index in [-0.39, 0.29) is 0 Å². The first-order chi connectivity index (χ1) is 6.99. The number of hydrogen-bond donors (Lipinski definition) is 1. The van der Waals surface area contributed by atoms with Gasteiger partial charge < -0.3 is 5.73 Å². The molecule has 0 saturated carbocycles. The predicted molar refractivity (Wildman–Crippen MR) is 69.0 cm³/mol. The molecule has 0 saturated heterocycles. The highest BCUT2D eigenvalue weighted by Gasteiger charge is 2.04. The molecule has 86 valence electrons. The zero-order chi connectivity index (χ0) is 11.8. The predicted octanol–water partition coefficient (Wildman–Crippen LogP) is 3.79. The zero-order valence-corrected chi connectivity index (χ0v) is 10.6. The van der Waals surface area contributed by atoms with Crippen molar-refractivity contribution in [1.29, 1.82) is 0 Å². The molecular formula is C13H24N2. The molecule has 0 aliphatic heterocycles. The normalized spacial score (nSPS) is 13.7. The van der Waals surface area contributed by atoms with E-state index in [2.05, 4.69) is 18.5 Å². The minimum Gasteiger partial charge on any atom is -0.402 e. The van der Waals surface area contributed by atoms with Crippen LogP contribution < -0.4 is 5.73 Å². The Morgan fingerprint density at radius 3 is 2.20 bits per heavy atom. The lowest BCUT2D eigenvalue weighted by atomic mass is 10.0. The van der Waals surface area contributed by atoms with Crippen LogP contribution in [-0.2, 0) is 0 Å². The van der Waals surface area contributed by atoms with E-state index in [1.807, 2.05) is 20.8 Å². The molecule has 0 aromatic carbocycles. The standard InChI is InChI=1S/C13H24N2/c1-6-7-8-9-13(15-10(2)3)11(4)12(5)14/h2,6-9,14H2,1,3-5H3/b12-11+,15-13?. The van der Waals surface area contributed by atoms with Crippen molar-refractivity contribution in [3.05, 3.63) is 23.5 Å². The van der Waals surface area contributed by atoms with Gasteiger partial charge in [-0.25, -0.2) is 0 Å². The fraction of sp³-hybridized carbons (Fsp3) is 0.615. The Morgan fingerprint density at radius 2 is 1.80 bits per heavy atom. The van der Waals surface area contributed by atoms with Crippen molar-refractivity contribution >= 4 is 5.71 Å². The van der Waals surface area contributed by atoms with Crippen molar-refractivity contribution < 1.29 is 0 Å². The first kappa shape index (κ1) is 13.9. The molecule has 0 aromatic heterocycles. The van der Waals surface area contributed by atoms with Crippen LogP contribution in [-0.4, -0.2) is 5.71 Å². The Kier molecular flexibility index (Phi) is 6.76. The maximum absolute atomic E-state index is 5.79. The van der Waals surface area contributed by atoms with E-state index in [1.165, 1.54) is 19.3 Å². The molecular weight excluding hydrogens is 184 g/mol. The van der Waals surface area contributed by atoms with Gasteiger partial charge in [0.05, 0.1) is 0 Å². The molecule has 0 radical (unpaired) electrons. The van der Waals surface area contributed by atoms with Gasteiger partial charge in [-0.05, 0) is 39.2 Å². The molecule has 0 bridgehead atoms. The summed E-state index contributed by atoms with van der Waals surface area (Å²) in [6, 6.07) is 0. The maximum Gasteiger partial charge on any atom is 0.0452 e. The number of aliphatic imine (C=N–C) groups is 1. The summed E-state index contributed by atoms with van der Waals surface area (Å²) in [5, 5.41) is 0. The van der Waals surface area contributed by atoms with Crippen molar-refractivity contribution in [2.75, 3.05) is 0 Å². The molecule has 2 N–H and O–H groups in total. The summed E-state index contributed by atoms with van der Waals surface area (Å²) in [6.07, 6.45) is 4.64. The van der Waals surface area contributed by atoms with Gasteiger partial charge >= 0.3 is 0 Å². The van der Waals surface area contributed by atoms with Crippen LogP contribution in [0.25, 0.3) is 0 Å². The first-order valence-corrected chi connectivity index (χ1v) is 5.65. The van der Waals surface area contributed by atoms with Gasteiger partial charge in [-0.3, -0.25) is 4.99 Å². The average Bonchev–Trinajstić information content (AvgIpc) is 2.14. The second-order valence-electron chi connectivity index (χ2n) is 4.06. The molecule has 0 amide bonds. The Labute approximate surface area is 94.0 Å². The Hall–Kier alpha value is -1.05. The van der Waals surface area contributed by atoms with Gasteiger partial charge in [-0.1, -0.05) is 26.3 Å². The highest BCUT2D eigenvalue weighted by molar-refractivity contribution is 6.00. The fourth-order valence-electron chi connectivity index (χ4n) is 1.33. The largest absolute Gasteiger partial charge is 0.402 e. The molecule has 0 atom stereocenters. The van der Waals surface area contributed by atoms with Crippen molar-refractivity contribution in [3.8, 4) is 0 Å². The number of allylic oxidation sites excluding steroid dienone is 3. The third-order valence-electron chi connectivity index (χ3n) is 2.37. The highest BCUT2D eigenvalue weighted by Crippen LogP contribution is 2.11. The maximum atomic E-state index is 5.79. The van der Waals surface area contributed by atoms with Crippen LogP contribution in [0.1, 0.15) is 53.4 Å². The van der Waals surface area contributed by atoms with Crippen molar-refractivity contribution in [3.63, 3.8) is 0 Å². The van der Waals surface area contributed by atoms with Crippen LogP contribution in [0.3, 0.4) is 0 Å². The Balaban J connectivity index is 4.61. The van der Waals surface area contributed by atoms with Crippen LogP contribution in [0.4, 0.5) is 0 Å². The molecule has 15 heavy (non-hydrogen) atoms. The average molecular weight is 208 g/mol. The van der Waals surface area contributed by atoms with Crippen LogP contribution in [0.15, 0.2) is 28.5 Å². The minimum absolute atomic E-state index is 0.849. The van der Waals surface area contributed by atoms with Gasteiger partial charge in [-0.2, -0.15) is 0 Å². The first-order valence-electron chi connectivity index (χ1n) is 5.65. The summed E-state index contributed by atoms with van der Waals surface area (Å²) < 4.78 is 0. The lowest BCUT2D eigenvalue weighted by Crippen LogP contribution is -2.07. The lowest BCUT2D eigenvalue weighted by Gasteiger charge is -2.08. The molecule has 0 spiro atoms. The number of rotatable bonds is 6. The molecule has 2 heteroatoms. The van der Waals surface area contributed by atoms with Gasteiger partial charge in [0.15, 0.2) is 0 Å². The van der Waals surface area contributed by atoms with Crippen molar-refractivity contribution in [2.45, 2.75) is 53.4 Å². The molecule has 0 aliphatic carbocycles. The van der Waals surface area contributed by atoms with Gasteiger partial charge in [0, 0.05) is 17.1 Å².